The van der Waals surface area contributed by atoms with Crippen molar-refractivity contribution < 1.29 is 5.11 Å². The van der Waals surface area contributed by atoms with Crippen molar-refractivity contribution in [3.8, 4) is 0 Å². The molecule has 106 valence electrons. The molecule has 1 unspecified atom stereocenters. The number of aromatic nitrogens is 3. The van der Waals surface area contributed by atoms with Crippen LogP contribution in [0.4, 0.5) is 17.8 Å². The quantitative estimate of drug-likeness (QED) is 0.787. The van der Waals surface area contributed by atoms with Crippen LogP contribution in [0.3, 0.4) is 0 Å². The molecule has 0 aliphatic carbocycles. The first-order chi connectivity index (χ1) is 9.13. The highest BCUT2D eigenvalue weighted by Crippen LogP contribution is 2.22. The van der Waals surface area contributed by atoms with Crippen molar-refractivity contribution in [2.75, 3.05) is 55.5 Å². The van der Waals surface area contributed by atoms with E-state index >= 15 is 0 Å². The fourth-order valence-electron chi connectivity index (χ4n) is 2.10. The number of rotatable bonds is 5. The summed E-state index contributed by atoms with van der Waals surface area (Å²) < 4.78 is 0. The molecule has 1 aromatic rings. The average Bonchev–Trinajstić information content (AvgIpc) is 2.87. The van der Waals surface area contributed by atoms with Gasteiger partial charge in [0.2, 0.25) is 17.8 Å². The van der Waals surface area contributed by atoms with Gasteiger partial charge in [-0.15, -0.1) is 0 Å². The molecule has 1 aliphatic rings. The molecule has 7 heteroatoms. The molecule has 1 aliphatic heterocycles. The van der Waals surface area contributed by atoms with Gasteiger partial charge in [-0.1, -0.05) is 0 Å². The third kappa shape index (κ3) is 3.23. The third-order valence-electron chi connectivity index (χ3n) is 3.17. The largest absolute Gasteiger partial charge is 0.396 e. The Bertz CT molecular complexity index is 425. The zero-order valence-corrected chi connectivity index (χ0v) is 11.8. The van der Waals surface area contributed by atoms with Crippen molar-refractivity contribution in [2.45, 2.75) is 13.3 Å². The lowest BCUT2D eigenvalue weighted by Gasteiger charge is -2.19. The molecular weight excluding hydrogens is 244 g/mol. The van der Waals surface area contributed by atoms with E-state index in [1.165, 1.54) is 0 Å². The molecule has 1 saturated heterocycles. The first-order valence-corrected chi connectivity index (χ1v) is 6.67. The van der Waals surface area contributed by atoms with Crippen molar-refractivity contribution in [3.63, 3.8) is 0 Å². The van der Waals surface area contributed by atoms with E-state index in [-0.39, 0.29) is 6.61 Å². The smallest absolute Gasteiger partial charge is 0.231 e. The second-order valence-corrected chi connectivity index (χ2v) is 4.97. The van der Waals surface area contributed by atoms with E-state index in [2.05, 4.69) is 25.2 Å². The molecule has 0 spiro atoms. The number of nitrogens with zero attached hydrogens (tertiary/aromatic N) is 5. The minimum absolute atomic E-state index is 0.224. The SMILES string of the molecule is CCNc1nc(N(C)C)nc(N2CCC(CO)C2)n1. The Morgan fingerprint density at radius 3 is 2.74 bits per heavy atom. The summed E-state index contributed by atoms with van der Waals surface area (Å²) in [5.41, 5.74) is 0. The highest BCUT2D eigenvalue weighted by atomic mass is 16.3. The number of hydrogen-bond donors (Lipinski definition) is 2. The van der Waals surface area contributed by atoms with Crippen molar-refractivity contribution in [2.24, 2.45) is 5.92 Å². The van der Waals surface area contributed by atoms with E-state index in [4.69, 9.17) is 0 Å². The zero-order valence-electron chi connectivity index (χ0n) is 11.8. The second-order valence-electron chi connectivity index (χ2n) is 4.97. The summed E-state index contributed by atoms with van der Waals surface area (Å²) in [6.45, 7) is 4.70. The Labute approximate surface area is 113 Å². The summed E-state index contributed by atoms with van der Waals surface area (Å²) in [5.74, 6) is 2.25. The summed E-state index contributed by atoms with van der Waals surface area (Å²) in [6.07, 6.45) is 0.982. The maximum absolute atomic E-state index is 9.21. The zero-order chi connectivity index (χ0) is 13.8. The van der Waals surface area contributed by atoms with Crippen LogP contribution in [0, 0.1) is 5.92 Å². The van der Waals surface area contributed by atoms with Crippen LogP contribution in [0.25, 0.3) is 0 Å². The first-order valence-electron chi connectivity index (χ1n) is 6.67. The molecule has 7 nitrogen and oxygen atoms in total. The molecule has 19 heavy (non-hydrogen) atoms. The van der Waals surface area contributed by atoms with Gasteiger partial charge in [0.1, 0.15) is 0 Å². The van der Waals surface area contributed by atoms with Gasteiger partial charge in [-0.3, -0.25) is 0 Å². The molecule has 2 heterocycles. The lowest BCUT2D eigenvalue weighted by atomic mass is 10.1. The fourth-order valence-corrected chi connectivity index (χ4v) is 2.10. The van der Waals surface area contributed by atoms with E-state index in [0.29, 0.717) is 23.8 Å². The van der Waals surface area contributed by atoms with Crippen molar-refractivity contribution in [3.05, 3.63) is 0 Å². The third-order valence-corrected chi connectivity index (χ3v) is 3.17. The molecule has 1 aromatic heterocycles. The van der Waals surface area contributed by atoms with Gasteiger partial charge < -0.3 is 20.2 Å². The van der Waals surface area contributed by atoms with Crippen molar-refractivity contribution in [1.82, 2.24) is 15.0 Å². The van der Waals surface area contributed by atoms with Crippen LogP contribution in [0.15, 0.2) is 0 Å². The highest BCUT2D eigenvalue weighted by Gasteiger charge is 2.24. The Morgan fingerprint density at radius 2 is 2.16 bits per heavy atom. The van der Waals surface area contributed by atoms with Gasteiger partial charge in [0.15, 0.2) is 0 Å². The summed E-state index contributed by atoms with van der Waals surface area (Å²) in [4.78, 5) is 17.2. The Hall–Kier alpha value is -1.63. The van der Waals surface area contributed by atoms with Crippen LogP contribution in [0.5, 0.6) is 0 Å². The monoisotopic (exact) mass is 266 g/mol. The van der Waals surface area contributed by atoms with Gasteiger partial charge in [-0.05, 0) is 13.3 Å². The fraction of sp³-hybridized carbons (Fsp3) is 0.750. The molecule has 2 rings (SSSR count). The average molecular weight is 266 g/mol. The van der Waals surface area contributed by atoms with E-state index < -0.39 is 0 Å². The first kappa shape index (κ1) is 13.8. The second kappa shape index (κ2) is 6.01. The van der Waals surface area contributed by atoms with Gasteiger partial charge in [-0.25, -0.2) is 0 Å². The van der Waals surface area contributed by atoms with Crippen LogP contribution < -0.4 is 15.1 Å². The molecular formula is C12H22N6O. The molecule has 0 radical (unpaired) electrons. The molecule has 1 fully saturated rings. The van der Waals surface area contributed by atoms with Crippen molar-refractivity contribution in [1.29, 1.82) is 0 Å². The van der Waals surface area contributed by atoms with Crippen molar-refractivity contribution >= 4 is 17.8 Å². The Morgan fingerprint density at radius 1 is 1.37 bits per heavy atom. The molecule has 2 N–H and O–H groups in total. The maximum atomic E-state index is 9.21. The number of aliphatic hydroxyl groups is 1. The predicted molar refractivity (Wildman–Crippen MR) is 75.7 cm³/mol. The van der Waals surface area contributed by atoms with Crippen LogP contribution in [-0.4, -0.2) is 60.4 Å². The van der Waals surface area contributed by atoms with Gasteiger partial charge >= 0.3 is 0 Å². The Balaban J connectivity index is 2.23. The minimum atomic E-state index is 0.224. The number of nitrogens with one attached hydrogen (secondary N) is 1. The lowest BCUT2D eigenvalue weighted by molar-refractivity contribution is 0.238. The normalized spacial score (nSPS) is 18.7. The van der Waals surface area contributed by atoms with E-state index in [9.17, 15) is 5.11 Å². The molecule has 0 aromatic carbocycles. The summed E-state index contributed by atoms with van der Waals surface area (Å²) in [7, 11) is 3.82. The number of aliphatic hydroxyl groups excluding tert-OH is 1. The maximum Gasteiger partial charge on any atom is 0.231 e. The van der Waals surface area contributed by atoms with Crippen LogP contribution >= 0.6 is 0 Å². The molecule has 0 saturated carbocycles. The standard InChI is InChI=1S/C12H22N6O/c1-4-13-10-14-11(17(2)3)16-12(15-10)18-6-5-9(7-18)8-19/h9,19H,4-8H2,1-3H3,(H,13,14,15,16). The minimum Gasteiger partial charge on any atom is -0.396 e. The van der Waals surface area contributed by atoms with Gasteiger partial charge in [0.25, 0.3) is 0 Å². The summed E-state index contributed by atoms with van der Waals surface area (Å²) >= 11 is 0. The van der Waals surface area contributed by atoms with Crippen LogP contribution in [-0.2, 0) is 0 Å². The van der Waals surface area contributed by atoms with E-state index in [1.807, 2.05) is 25.9 Å². The number of hydrogen-bond acceptors (Lipinski definition) is 7. The van der Waals surface area contributed by atoms with E-state index in [1.54, 1.807) is 0 Å². The van der Waals surface area contributed by atoms with Crippen LogP contribution in [0.2, 0.25) is 0 Å². The summed E-state index contributed by atoms with van der Waals surface area (Å²) in [6, 6.07) is 0. The highest BCUT2D eigenvalue weighted by molar-refractivity contribution is 5.45. The van der Waals surface area contributed by atoms with Gasteiger partial charge in [0.05, 0.1) is 0 Å². The van der Waals surface area contributed by atoms with Gasteiger partial charge in [0, 0.05) is 46.3 Å². The van der Waals surface area contributed by atoms with E-state index in [0.717, 1.165) is 26.1 Å². The lowest BCUT2D eigenvalue weighted by Crippen LogP contribution is -2.25. The Kier molecular flexibility index (Phi) is 4.36. The molecule has 0 amide bonds. The van der Waals surface area contributed by atoms with Gasteiger partial charge in [-0.2, -0.15) is 15.0 Å². The number of anilines is 3. The van der Waals surface area contributed by atoms with Crippen LogP contribution in [0.1, 0.15) is 13.3 Å². The molecule has 0 bridgehead atoms. The topological polar surface area (TPSA) is 77.4 Å². The predicted octanol–water partition coefficient (Wildman–Crippen LogP) is 0.188. The summed E-state index contributed by atoms with van der Waals surface area (Å²) in [5, 5.41) is 12.3. The molecule has 1 atom stereocenters.